The Morgan fingerprint density at radius 2 is 1.48 bits per heavy atom. The van der Waals surface area contributed by atoms with E-state index in [1.807, 2.05) is 30.3 Å². The SMILES string of the molecule is CC1(C(=O)O)CC(C(=O)O)=CC=C1c1cc(C(F)(F)F)cc(C(F)(F)F)c1.FC(F)F.c1ccc2cc(OCc3c[nH]nn3)ccc2c1. The van der Waals surface area contributed by atoms with Crippen molar-refractivity contribution in [1.82, 2.24) is 15.4 Å². The number of ether oxygens (including phenoxy) is 1. The minimum atomic E-state index is -5.09. The van der Waals surface area contributed by atoms with Crippen LogP contribution in [0.5, 0.6) is 5.75 Å². The van der Waals surface area contributed by atoms with Crippen molar-refractivity contribution in [2.24, 2.45) is 5.41 Å². The van der Waals surface area contributed by atoms with E-state index in [-0.39, 0.29) is 17.2 Å². The first kappa shape index (κ1) is 37.1. The monoisotopic (exact) mass is 689 g/mol. The summed E-state index contributed by atoms with van der Waals surface area (Å²) in [5.41, 5.74) is -5.68. The summed E-state index contributed by atoms with van der Waals surface area (Å²) >= 11 is 0. The molecule has 0 spiro atoms. The van der Waals surface area contributed by atoms with Crippen LogP contribution in [-0.2, 0) is 28.5 Å². The second-order valence-corrected chi connectivity index (χ2v) is 10.2. The summed E-state index contributed by atoms with van der Waals surface area (Å²) in [6.45, 7) is -2.19. The number of hydrogen-bond acceptors (Lipinski definition) is 5. The van der Waals surface area contributed by atoms with Gasteiger partial charge in [0.05, 0.1) is 16.5 Å². The van der Waals surface area contributed by atoms with Crippen LogP contribution in [0.4, 0.5) is 39.5 Å². The van der Waals surface area contributed by atoms with Gasteiger partial charge in [0.2, 0.25) is 0 Å². The molecule has 1 aliphatic carbocycles. The molecule has 1 unspecified atom stereocenters. The maximum atomic E-state index is 13.0. The summed E-state index contributed by atoms with van der Waals surface area (Å²) < 4.78 is 113. The molecule has 3 aromatic carbocycles. The third-order valence-corrected chi connectivity index (χ3v) is 6.81. The van der Waals surface area contributed by atoms with Crippen LogP contribution in [0.25, 0.3) is 16.3 Å². The molecule has 0 fully saturated rings. The predicted molar refractivity (Wildman–Crippen MR) is 152 cm³/mol. The van der Waals surface area contributed by atoms with Gasteiger partial charge in [-0.05, 0) is 65.6 Å². The Bertz CT molecular complexity index is 1770. The van der Waals surface area contributed by atoms with Crippen LogP contribution >= 0.6 is 0 Å². The fraction of sp³-hybridized carbons (Fsp3) is 0.226. The van der Waals surface area contributed by atoms with Gasteiger partial charge in [-0.25, -0.2) is 4.79 Å². The average molecular weight is 690 g/mol. The molecule has 256 valence electrons. The number of aliphatic carboxylic acids is 2. The second-order valence-electron chi connectivity index (χ2n) is 10.2. The molecule has 0 radical (unpaired) electrons. The molecular weight excluding hydrogens is 665 g/mol. The molecule has 1 heterocycles. The highest BCUT2D eigenvalue weighted by Crippen LogP contribution is 2.46. The quantitative estimate of drug-likeness (QED) is 0.174. The van der Waals surface area contributed by atoms with Crippen LogP contribution in [0.15, 0.2) is 84.6 Å². The molecule has 48 heavy (non-hydrogen) atoms. The number of halogens is 9. The molecule has 0 amide bonds. The van der Waals surface area contributed by atoms with E-state index in [9.17, 15) is 54.2 Å². The summed E-state index contributed by atoms with van der Waals surface area (Å²) in [6.07, 6.45) is -7.16. The summed E-state index contributed by atoms with van der Waals surface area (Å²) in [4.78, 5) is 22.8. The largest absolute Gasteiger partial charge is 0.487 e. The number of carbonyl (C=O) groups is 2. The molecule has 0 bridgehead atoms. The summed E-state index contributed by atoms with van der Waals surface area (Å²) in [6, 6.07) is 15.0. The van der Waals surface area contributed by atoms with Gasteiger partial charge in [-0.1, -0.05) is 47.7 Å². The summed E-state index contributed by atoms with van der Waals surface area (Å²) in [5.74, 6) is -2.17. The average Bonchev–Trinajstić information content (AvgIpc) is 3.52. The number of alkyl halides is 9. The van der Waals surface area contributed by atoms with Crippen LogP contribution < -0.4 is 4.74 Å². The number of benzene rings is 3. The van der Waals surface area contributed by atoms with Crippen molar-refractivity contribution in [3.63, 3.8) is 0 Å². The Morgan fingerprint density at radius 3 is 1.98 bits per heavy atom. The van der Waals surface area contributed by atoms with Gasteiger partial charge in [0.15, 0.2) is 0 Å². The highest BCUT2D eigenvalue weighted by Gasteiger charge is 2.44. The Morgan fingerprint density at radius 1 is 0.896 bits per heavy atom. The lowest BCUT2D eigenvalue weighted by atomic mass is 9.71. The van der Waals surface area contributed by atoms with Crippen molar-refractivity contribution < 1.29 is 64.1 Å². The molecule has 0 saturated carbocycles. The Labute approximate surface area is 265 Å². The van der Waals surface area contributed by atoms with E-state index in [0.717, 1.165) is 30.5 Å². The zero-order valence-electron chi connectivity index (χ0n) is 24.4. The molecule has 1 aliphatic rings. The molecular formula is C31H24F9N3O5. The number of rotatable bonds is 6. The van der Waals surface area contributed by atoms with Gasteiger partial charge in [-0.3, -0.25) is 9.89 Å². The number of carboxylic acids is 2. The van der Waals surface area contributed by atoms with Crippen molar-refractivity contribution in [2.45, 2.75) is 39.0 Å². The fourth-order valence-electron chi connectivity index (χ4n) is 4.48. The van der Waals surface area contributed by atoms with Crippen molar-refractivity contribution >= 4 is 28.3 Å². The van der Waals surface area contributed by atoms with E-state index in [1.54, 1.807) is 6.20 Å². The molecule has 4 aromatic rings. The summed E-state index contributed by atoms with van der Waals surface area (Å²) in [5, 5.41) is 31.0. The van der Waals surface area contributed by atoms with E-state index in [1.165, 1.54) is 10.8 Å². The van der Waals surface area contributed by atoms with Crippen LogP contribution in [0.1, 0.15) is 35.7 Å². The van der Waals surface area contributed by atoms with Crippen molar-refractivity contribution in [3.05, 3.63) is 107 Å². The zero-order chi connectivity index (χ0) is 35.9. The number of allylic oxidation sites excluding steroid dienone is 2. The number of H-pyrrole nitrogens is 1. The van der Waals surface area contributed by atoms with Crippen molar-refractivity contribution in [2.75, 3.05) is 0 Å². The first-order chi connectivity index (χ1) is 22.3. The number of fused-ring (bicyclic) bond motifs is 1. The standard InChI is InChI=1S/C17H12F6O4.C13H11N3O.CHF3/c1-15(14(26)27)7-8(13(24)25)2-3-12(15)9-4-10(16(18,19)20)6-11(5-9)17(21,22)23;1-2-4-11-7-13(6-5-10(11)3-1)17-9-12-8-14-16-15-12;2-1(3)4/h2-6H,7H2,1H3,(H,24,25)(H,26,27);1-8H,9H2,(H,14,15,16);1H. The molecule has 1 aromatic heterocycles. The molecule has 17 heteroatoms. The number of nitrogens with one attached hydrogen (secondary N) is 1. The molecule has 8 nitrogen and oxygen atoms in total. The lowest BCUT2D eigenvalue weighted by molar-refractivity contribution is -0.145. The van der Waals surface area contributed by atoms with E-state index >= 15 is 0 Å². The third kappa shape index (κ3) is 9.83. The van der Waals surface area contributed by atoms with Crippen molar-refractivity contribution in [1.29, 1.82) is 0 Å². The highest BCUT2D eigenvalue weighted by molar-refractivity contribution is 5.98. The van der Waals surface area contributed by atoms with Crippen LogP contribution in [-0.4, -0.2) is 44.2 Å². The molecule has 0 saturated heterocycles. The number of aromatic amines is 1. The number of aromatic nitrogens is 3. The van der Waals surface area contributed by atoms with Gasteiger partial charge in [-0.15, -0.1) is 5.10 Å². The minimum Gasteiger partial charge on any atom is -0.487 e. The van der Waals surface area contributed by atoms with Gasteiger partial charge in [0.1, 0.15) is 18.1 Å². The van der Waals surface area contributed by atoms with E-state index in [2.05, 4.69) is 27.5 Å². The van der Waals surface area contributed by atoms with Crippen molar-refractivity contribution in [3.8, 4) is 5.75 Å². The lowest BCUT2D eigenvalue weighted by Crippen LogP contribution is -2.32. The topological polar surface area (TPSA) is 125 Å². The molecule has 3 N–H and O–H groups in total. The number of hydrogen-bond donors (Lipinski definition) is 3. The smallest absolute Gasteiger partial charge is 0.416 e. The Balaban J connectivity index is 0.000000252. The van der Waals surface area contributed by atoms with Gasteiger partial charge in [0, 0.05) is 11.8 Å². The Kier molecular flexibility index (Phi) is 11.6. The normalized spacial score (nSPS) is 16.1. The number of nitrogens with zero attached hydrogens (tertiary/aromatic N) is 2. The Hall–Kier alpha value is -5.35. The first-order valence-corrected chi connectivity index (χ1v) is 13.4. The van der Waals surface area contributed by atoms with E-state index in [0.29, 0.717) is 18.7 Å². The minimum absolute atomic E-state index is 0.0660. The van der Waals surface area contributed by atoms with Gasteiger partial charge >= 0.3 is 31.0 Å². The van der Waals surface area contributed by atoms with Crippen LogP contribution in [0, 0.1) is 5.41 Å². The van der Waals surface area contributed by atoms with Gasteiger partial charge < -0.3 is 14.9 Å². The van der Waals surface area contributed by atoms with Gasteiger partial charge in [0.25, 0.3) is 0 Å². The highest BCUT2D eigenvalue weighted by atomic mass is 19.4. The fourth-order valence-corrected chi connectivity index (χ4v) is 4.48. The third-order valence-electron chi connectivity index (χ3n) is 6.81. The molecule has 5 rings (SSSR count). The van der Waals surface area contributed by atoms with Crippen LogP contribution in [0.3, 0.4) is 0 Å². The van der Waals surface area contributed by atoms with Crippen LogP contribution in [0.2, 0.25) is 0 Å². The summed E-state index contributed by atoms with van der Waals surface area (Å²) in [7, 11) is 0. The predicted octanol–water partition coefficient (Wildman–Crippen LogP) is 8.33. The maximum Gasteiger partial charge on any atom is 0.416 e. The number of carboxylic acid groups (broad SMARTS) is 2. The lowest BCUT2D eigenvalue weighted by Gasteiger charge is -2.31. The van der Waals surface area contributed by atoms with Gasteiger partial charge in [-0.2, -0.15) is 39.5 Å². The maximum absolute atomic E-state index is 13.0. The molecule has 1 atom stereocenters. The van der Waals surface area contributed by atoms with E-state index < -0.39 is 59.5 Å². The zero-order valence-corrected chi connectivity index (χ0v) is 24.4. The molecule has 0 aliphatic heterocycles. The first-order valence-electron chi connectivity index (χ1n) is 13.4. The second kappa shape index (κ2) is 15.0. The van der Waals surface area contributed by atoms with E-state index in [4.69, 9.17) is 9.84 Å².